The van der Waals surface area contributed by atoms with Crippen LogP contribution in [0.25, 0.3) is 11.0 Å². The van der Waals surface area contributed by atoms with Crippen LogP contribution in [-0.2, 0) is 11.3 Å². The molecule has 0 aromatic carbocycles. The molecule has 1 fully saturated rings. The van der Waals surface area contributed by atoms with Gasteiger partial charge in [-0.1, -0.05) is 11.6 Å². The van der Waals surface area contributed by atoms with Crippen molar-refractivity contribution in [1.82, 2.24) is 14.9 Å². The van der Waals surface area contributed by atoms with E-state index in [1.165, 1.54) is 0 Å². The smallest absolute Gasteiger partial charge is 0.253 e. The normalized spacial score (nSPS) is 22.9. The Kier molecular flexibility index (Phi) is 6.37. The third-order valence-electron chi connectivity index (χ3n) is 5.33. The molecular formula is C20H27ClFN3O2. The Morgan fingerprint density at radius 2 is 2.22 bits per heavy atom. The van der Waals surface area contributed by atoms with Crippen molar-refractivity contribution < 1.29 is 13.9 Å². The number of ether oxygens (including phenoxy) is 1. The topological polar surface area (TPSA) is 56.1 Å². The zero-order valence-corrected chi connectivity index (χ0v) is 16.7. The summed E-state index contributed by atoms with van der Waals surface area (Å²) in [6.45, 7) is 5.94. The molecule has 2 aromatic heterocycles. The van der Waals surface area contributed by atoms with Crippen LogP contribution in [0.15, 0.2) is 18.5 Å². The molecule has 1 aliphatic carbocycles. The molecule has 7 heteroatoms. The first kappa shape index (κ1) is 20.1. The van der Waals surface area contributed by atoms with Crippen molar-refractivity contribution >= 4 is 28.5 Å². The molecule has 0 aliphatic heterocycles. The SMILES string of the molecule is CCOCCn1cc(C(=O)NCC2CCC(C)(F)CC2)c2c(Cl)ccnc21. The average Bonchev–Trinajstić information content (AvgIpc) is 3.01. The van der Waals surface area contributed by atoms with Gasteiger partial charge in [-0.25, -0.2) is 9.37 Å². The first-order chi connectivity index (χ1) is 12.9. The molecule has 1 amide bonds. The van der Waals surface area contributed by atoms with Crippen LogP contribution in [0.4, 0.5) is 4.39 Å². The summed E-state index contributed by atoms with van der Waals surface area (Å²) in [7, 11) is 0. The molecule has 2 aromatic rings. The van der Waals surface area contributed by atoms with Gasteiger partial charge in [0, 0.05) is 32.1 Å². The van der Waals surface area contributed by atoms with E-state index >= 15 is 0 Å². The number of nitrogens with zero attached hydrogens (tertiary/aromatic N) is 2. The standard InChI is InChI=1S/C20H27ClFN3O2/c1-3-27-11-10-25-13-15(17-16(21)6-9-23-18(17)25)19(26)24-12-14-4-7-20(2,22)8-5-14/h6,9,13-14H,3-5,7-8,10-12H2,1-2H3,(H,24,26). The zero-order chi connectivity index (χ0) is 19.4. The fourth-order valence-electron chi connectivity index (χ4n) is 3.64. The maximum atomic E-state index is 13.9. The van der Waals surface area contributed by atoms with Gasteiger partial charge in [0.15, 0.2) is 0 Å². The van der Waals surface area contributed by atoms with E-state index < -0.39 is 5.67 Å². The number of pyridine rings is 1. The minimum atomic E-state index is -1.06. The molecule has 0 bridgehead atoms. The second-order valence-electron chi connectivity index (χ2n) is 7.49. The monoisotopic (exact) mass is 395 g/mol. The highest BCUT2D eigenvalue weighted by Gasteiger charge is 2.30. The fraction of sp³-hybridized carbons (Fsp3) is 0.600. The van der Waals surface area contributed by atoms with Crippen molar-refractivity contribution in [3.05, 3.63) is 29.0 Å². The Morgan fingerprint density at radius 3 is 2.93 bits per heavy atom. The highest BCUT2D eigenvalue weighted by Crippen LogP contribution is 2.34. The molecule has 148 valence electrons. The summed E-state index contributed by atoms with van der Waals surface area (Å²) in [6, 6.07) is 1.69. The molecule has 1 N–H and O–H groups in total. The van der Waals surface area contributed by atoms with Crippen LogP contribution in [-0.4, -0.2) is 40.9 Å². The lowest BCUT2D eigenvalue weighted by molar-refractivity contribution is 0.0894. The van der Waals surface area contributed by atoms with Gasteiger partial charge in [0.1, 0.15) is 11.3 Å². The molecule has 0 atom stereocenters. The van der Waals surface area contributed by atoms with Crippen molar-refractivity contribution in [3.63, 3.8) is 0 Å². The van der Waals surface area contributed by atoms with Crippen LogP contribution < -0.4 is 5.32 Å². The number of hydrogen-bond donors (Lipinski definition) is 1. The molecule has 0 unspecified atom stereocenters. The third-order valence-corrected chi connectivity index (χ3v) is 5.65. The minimum Gasteiger partial charge on any atom is -0.380 e. The van der Waals surface area contributed by atoms with Gasteiger partial charge in [-0.05, 0) is 51.5 Å². The summed E-state index contributed by atoms with van der Waals surface area (Å²) < 4.78 is 21.3. The quantitative estimate of drug-likeness (QED) is 0.708. The van der Waals surface area contributed by atoms with Gasteiger partial charge in [0.25, 0.3) is 5.91 Å². The summed E-state index contributed by atoms with van der Waals surface area (Å²) in [5.41, 5.74) is 0.136. The number of nitrogens with one attached hydrogen (secondary N) is 1. The van der Waals surface area contributed by atoms with Crippen LogP contribution in [0, 0.1) is 5.92 Å². The summed E-state index contributed by atoms with van der Waals surface area (Å²) in [5.74, 6) is 0.149. The number of rotatable bonds is 7. The minimum absolute atomic E-state index is 0.168. The zero-order valence-electron chi connectivity index (χ0n) is 15.9. The van der Waals surface area contributed by atoms with E-state index in [-0.39, 0.29) is 5.91 Å². The molecule has 0 radical (unpaired) electrons. The van der Waals surface area contributed by atoms with Crippen molar-refractivity contribution in [2.24, 2.45) is 5.92 Å². The third kappa shape index (κ3) is 4.79. The number of amides is 1. The van der Waals surface area contributed by atoms with E-state index in [9.17, 15) is 9.18 Å². The Morgan fingerprint density at radius 1 is 1.48 bits per heavy atom. The maximum Gasteiger partial charge on any atom is 0.253 e. The molecule has 1 saturated carbocycles. The second-order valence-corrected chi connectivity index (χ2v) is 7.90. The van der Waals surface area contributed by atoms with Crippen molar-refractivity contribution in [2.45, 2.75) is 51.7 Å². The van der Waals surface area contributed by atoms with Crippen LogP contribution >= 0.6 is 11.6 Å². The highest BCUT2D eigenvalue weighted by atomic mass is 35.5. The fourth-order valence-corrected chi connectivity index (χ4v) is 3.88. The Labute approximate surface area is 164 Å². The van der Waals surface area contributed by atoms with Gasteiger partial charge >= 0.3 is 0 Å². The molecule has 3 rings (SSSR count). The van der Waals surface area contributed by atoms with Gasteiger partial charge in [-0.15, -0.1) is 0 Å². The van der Waals surface area contributed by atoms with Crippen molar-refractivity contribution in [1.29, 1.82) is 0 Å². The lowest BCUT2D eigenvalue weighted by Crippen LogP contribution is -2.34. The lowest BCUT2D eigenvalue weighted by atomic mass is 9.81. The summed E-state index contributed by atoms with van der Waals surface area (Å²) in [6.07, 6.45) is 6.13. The lowest BCUT2D eigenvalue weighted by Gasteiger charge is -2.31. The maximum absolute atomic E-state index is 13.9. The Bertz CT molecular complexity index is 796. The number of carbonyl (C=O) groups is 1. The van der Waals surface area contributed by atoms with E-state index in [0.717, 1.165) is 12.8 Å². The summed E-state index contributed by atoms with van der Waals surface area (Å²) >= 11 is 6.35. The largest absolute Gasteiger partial charge is 0.380 e. The molecule has 0 spiro atoms. The van der Waals surface area contributed by atoms with E-state index in [4.69, 9.17) is 16.3 Å². The van der Waals surface area contributed by atoms with Crippen molar-refractivity contribution in [2.75, 3.05) is 19.8 Å². The second kappa shape index (κ2) is 8.57. The van der Waals surface area contributed by atoms with Gasteiger partial charge in [-0.2, -0.15) is 0 Å². The van der Waals surface area contributed by atoms with Gasteiger partial charge in [-0.3, -0.25) is 4.79 Å². The molecule has 1 aliphatic rings. The van der Waals surface area contributed by atoms with Gasteiger partial charge < -0.3 is 14.6 Å². The van der Waals surface area contributed by atoms with Crippen LogP contribution in [0.3, 0.4) is 0 Å². The summed E-state index contributed by atoms with van der Waals surface area (Å²) in [4.78, 5) is 17.2. The van der Waals surface area contributed by atoms with Gasteiger partial charge in [0.05, 0.1) is 22.6 Å². The van der Waals surface area contributed by atoms with E-state index in [0.29, 0.717) is 66.7 Å². The Balaban J connectivity index is 1.72. The molecule has 0 saturated heterocycles. The summed E-state index contributed by atoms with van der Waals surface area (Å²) in [5, 5.41) is 4.17. The van der Waals surface area contributed by atoms with E-state index in [1.54, 1.807) is 25.4 Å². The predicted octanol–water partition coefficient (Wildman–Crippen LogP) is 4.37. The molecule has 5 nitrogen and oxygen atoms in total. The number of alkyl halides is 1. The first-order valence-corrected chi connectivity index (χ1v) is 9.97. The number of fused-ring (bicyclic) bond motifs is 1. The molecule has 27 heavy (non-hydrogen) atoms. The number of aromatic nitrogens is 2. The molecular weight excluding hydrogens is 369 g/mol. The molecule has 2 heterocycles. The average molecular weight is 396 g/mol. The van der Waals surface area contributed by atoms with Gasteiger partial charge in [0.2, 0.25) is 0 Å². The van der Waals surface area contributed by atoms with E-state index in [2.05, 4.69) is 10.3 Å². The van der Waals surface area contributed by atoms with E-state index in [1.807, 2.05) is 11.5 Å². The highest BCUT2D eigenvalue weighted by molar-refractivity contribution is 6.36. The number of halogens is 2. The number of hydrogen-bond acceptors (Lipinski definition) is 3. The van der Waals surface area contributed by atoms with Crippen LogP contribution in [0.2, 0.25) is 5.02 Å². The van der Waals surface area contributed by atoms with Crippen LogP contribution in [0.5, 0.6) is 0 Å². The first-order valence-electron chi connectivity index (χ1n) is 9.59. The van der Waals surface area contributed by atoms with Crippen molar-refractivity contribution in [3.8, 4) is 0 Å². The number of carbonyl (C=O) groups excluding carboxylic acids is 1. The predicted molar refractivity (Wildman–Crippen MR) is 105 cm³/mol. The Hall–Kier alpha value is -1.66. The van der Waals surface area contributed by atoms with Crippen LogP contribution in [0.1, 0.15) is 49.9 Å².